The van der Waals surface area contributed by atoms with Crippen molar-refractivity contribution in [3.63, 3.8) is 0 Å². The zero-order chi connectivity index (χ0) is 6.57. The summed E-state index contributed by atoms with van der Waals surface area (Å²) in [6, 6.07) is 0. The molecule has 0 rings (SSSR count). The van der Waals surface area contributed by atoms with Crippen LogP contribution < -0.4 is 0 Å². The Kier molecular flexibility index (Phi) is 3.52. The van der Waals surface area contributed by atoms with Crippen LogP contribution in [0.3, 0.4) is 0 Å². The molecule has 3 heteroatoms. The van der Waals surface area contributed by atoms with Gasteiger partial charge in [0.1, 0.15) is 5.78 Å². The van der Waals surface area contributed by atoms with Crippen molar-refractivity contribution in [1.82, 2.24) is 0 Å². The summed E-state index contributed by atoms with van der Waals surface area (Å²) in [6.07, 6.45) is 2.09. The third kappa shape index (κ3) is 3.87. The minimum absolute atomic E-state index is 0.0596. The molecule has 0 aliphatic carbocycles. The van der Waals surface area contributed by atoms with Gasteiger partial charge in [-0.2, -0.15) is 0 Å². The highest BCUT2D eigenvalue weighted by atomic mass is 32.2. The quantitative estimate of drug-likeness (QED) is 0.453. The van der Waals surface area contributed by atoms with Crippen LogP contribution in [-0.4, -0.2) is 17.1 Å². The predicted octanol–water partition coefficient (Wildman–Crippen LogP) is 1.31. The molecule has 2 nitrogen and oxygen atoms in total. The number of carbonyl (C=O) groups is 1. The molecule has 0 spiro atoms. The van der Waals surface area contributed by atoms with Gasteiger partial charge in [-0.05, 0) is 13.2 Å². The molecule has 0 amide bonds. The Labute approximate surface area is 53.2 Å². The number of hydrogen-bond acceptors (Lipinski definition) is 3. The summed E-state index contributed by atoms with van der Waals surface area (Å²) in [5, 5.41) is 7.45. The minimum atomic E-state index is 0.0596. The predicted molar refractivity (Wildman–Crippen MR) is 36.5 cm³/mol. The number of carbonyl (C=O) groups excluding carboxylic acids is 1. The fourth-order valence-corrected chi connectivity index (χ4v) is 0.646. The molecule has 0 aromatic rings. The number of Topliss-reactive ketones (excluding diaryl/α,β-unsaturated/α-hetero) is 1. The van der Waals surface area contributed by atoms with Crippen LogP contribution in [0.4, 0.5) is 0 Å². The Hall–Kier alpha value is -0.310. The third-order valence-corrected chi connectivity index (χ3v) is 1.29. The summed E-state index contributed by atoms with van der Waals surface area (Å²) < 4.78 is 0. The number of rotatable bonds is 2. The third-order valence-electron chi connectivity index (χ3n) is 0.656. The smallest absolute Gasteiger partial charge is 0.136 e. The van der Waals surface area contributed by atoms with Crippen molar-refractivity contribution in [1.29, 1.82) is 5.41 Å². The van der Waals surface area contributed by atoms with Crippen molar-refractivity contribution < 1.29 is 4.79 Å². The summed E-state index contributed by atoms with van der Waals surface area (Å²) >= 11 is 1.32. The van der Waals surface area contributed by atoms with Crippen molar-refractivity contribution >= 4 is 22.6 Å². The second-order valence-corrected chi connectivity index (χ2v) is 2.41. The minimum Gasteiger partial charge on any atom is -0.300 e. The largest absolute Gasteiger partial charge is 0.300 e. The standard InChI is InChI=1S/C5H9NOS/c1-4(7)3-5(6)8-2/h6H,3H2,1-2H3. The van der Waals surface area contributed by atoms with E-state index in [2.05, 4.69) is 0 Å². The Bertz CT molecular complexity index is 111. The topological polar surface area (TPSA) is 40.9 Å². The normalized spacial score (nSPS) is 8.75. The van der Waals surface area contributed by atoms with Crippen molar-refractivity contribution in [2.24, 2.45) is 0 Å². The van der Waals surface area contributed by atoms with Crippen molar-refractivity contribution in [2.45, 2.75) is 13.3 Å². The van der Waals surface area contributed by atoms with Crippen molar-refractivity contribution in [3.8, 4) is 0 Å². The summed E-state index contributed by atoms with van der Waals surface area (Å²) in [7, 11) is 0. The van der Waals surface area contributed by atoms with Crippen molar-refractivity contribution in [3.05, 3.63) is 0 Å². The van der Waals surface area contributed by atoms with Gasteiger partial charge in [-0.3, -0.25) is 10.2 Å². The SMILES string of the molecule is CSC(=N)CC(C)=O. The van der Waals surface area contributed by atoms with E-state index in [1.54, 1.807) is 6.26 Å². The van der Waals surface area contributed by atoms with E-state index in [4.69, 9.17) is 5.41 Å². The summed E-state index contributed by atoms with van der Waals surface area (Å²) in [4.78, 5) is 10.3. The van der Waals surface area contributed by atoms with Gasteiger partial charge in [0.25, 0.3) is 0 Å². The van der Waals surface area contributed by atoms with Gasteiger partial charge in [0.2, 0.25) is 0 Å². The first-order valence-corrected chi connectivity index (χ1v) is 3.50. The van der Waals surface area contributed by atoms with Crippen LogP contribution in [0.25, 0.3) is 0 Å². The van der Waals surface area contributed by atoms with Gasteiger partial charge in [0, 0.05) is 0 Å². The zero-order valence-corrected chi connectivity index (χ0v) is 5.84. The maximum atomic E-state index is 10.3. The molecule has 0 fully saturated rings. The Morgan fingerprint density at radius 3 is 2.38 bits per heavy atom. The van der Waals surface area contributed by atoms with Crippen LogP contribution in [0, 0.1) is 5.41 Å². The molecule has 0 saturated heterocycles. The second kappa shape index (κ2) is 3.66. The maximum absolute atomic E-state index is 10.3. The van der Waals surface area contributed by atoms with Gasteiger partial charge in [0.05, 0.1) is 11.5 Å². The molecule has 1 N–H and O–H groups in total. The average Bonchev–Trinajstić information content (AvgIpc) is 1.65. The van der Waals surface area contributed by atoms with E-state index < -0.39 is 0 Å². The van der Waals surface area contributed by atoms with Gasteiger partial charge in [-0.25, -0.2) is 0 Å². The molecular formula is C5H9NOS. The molecule has 0 aliphatic heterocycles. The van der Waals surface area contributed by atoms with Crippen LogP contribution in [0.1, 0.15) is 13.3 Å². The number of ketones is 1. The maximum Gasteiger partial charge on any atom is 0.136 e. The summed E-state index contributed by atoms with van der Waals surface area (Å²) in [5.74, 6) is 0.0596. The van der Waals surface area contributed by atoms with E-state index in [-0.39, 0.29) is 5.78 Å². The van der Waals surface area contributed by atoms with Crippen LogP contribution in [0.5, 0.6) is 0 Å². The Morgan fingerprint density at radius 2 is 2.25 bits per heavy atom. The first-order valence-electron chi connectivity index (χ1n) is 2.27. The molecule has 0 aromatic heterocycles. The molecule has 8 heavy (non-hydrogen) atoms. The molecule has 0 saturated carbocycles. The average molecular weight is 131 g/mol. The Morgan fingerprint density at radius 1 is 1.75 bits per heavy atom. The van der Waals surface area contributed by atoms with E-state index in [9.17, 15) is 4.79 Å². The molecule has 0 heterocycles. The molecular weight excluding hydrogens is 122 g/mol. The molecule has 0 aliphatic rings. The highest BCUT2D eigenvalue weighted by Gasteiger charge is 1.96. The van der Waals surface area contributed by atoms with Gasteiger partial charge >= 0.3 is 0 Å². The zero-order valence-electron chi connectivity index (χ0n) is 5.02. The number of nitrogens with one attached hydrogen (secondary N) is 1. The first-order chi connectivity index (χ1) is 3.66. The van der Waals surface area contributed by atoms with Gasteiger partial charge in [-0.1, -0.05) is 0 Å². The fraction of sp³-hybridized carbons (Fsp3) is 0.600. The van der Waals surface area contributed by atoms with Gasteiger partial charge in [0.15, 0.2) is 0 Å². The number of thioether (sulfide) groups is 1. The molecule has 0 bridgehead atoms. The molecule has 46 valence electrons. The van der Waals surface area contributed by atoms with Crippen LogP contribution >= 0.6 is 11.8 Å². The van der Waals surface area contributed by atoms with Crippen molar-refractivity contribution in [2.75, 3.05) is 6.26 Å². The summed E-state index contributed by atoms with van der Waals surface area (Å²) in [5.41, 5.74) is 0. The lowest BCUT2D eigenvalue weighted by atomic mass is 10.3. The molecule has 0 aromatic carbocycles. The summed E-state index contributed by atoms with van der Waals surface area (Å²) in [6.45, 7) is 1.49. The highest BCUT2D eigenvalue weighted by Crippen LogP contribution is 1.99. The van der Waals surface area contributed by atoms with E-state index in [0.29, 0.717) is 11.5 Å². The van der Waals surface area contributed by atoms with Crippen LogP contribution in [0.15, 0.2) is 0 Å². The van der Waals surface area contributed by atoms with Gasteiger partial charge in [-0.15, -0.1) is 11.8 Å². The van der Waals surface area contributed by atoms with E-state index in [1.165, 1.54) is 18.7 Å². The first kappa shape index (κ1) is 7.69. The second-order valence-electron chi connectivity index (χ2n) is 1.51. The molecule has 0 atom stereocenters. The molecule has 0 unspecified atom stereocenters. The van der Waals surface area contributed by atoms with Crippen LogP contribution in [-0.2, 0) is 4.79 Å². The lowest BCUT2D eigenvalue weighted by molar-refractivity contribution is -0.115. The van der Waals surface area contributed by atoms with E-state index in [0.717, 1.165) is 0 Å². The lowest BCUT2D eigenvalue weighted by Crippen LogP contribution is -1.97. The lowest BCUT2D eigenvalue weighted by Gasteiger charge is -1.91. The highest BCUT2D eigenvalue weighted by molar-refractivity contribution is 8.13. The van der Waals surface area contributed by atoms with E-state index in [1.807, 2.05) is 0 Å². The molecule has 0 radical (unpaired) electrons. The van der Waals surface area contributed by atoms with E-state index >= 15 is 0 Å². The Balaban J connectivity index is 3.40. The number of hydrogen-bond donors (Lipinski definition) is 1. The van der Waals surface area contributed by atoms with Crippen LogP contribution in [0.2, 0.25) is 0 Å². The van der Waals surface area contributed by atoms with Gasteiger partial charge < -0.3 is 0 Å². The monoisotopic (exact) mass is 131 g/mol. The fourth-order valence-electron chi connectivity index (χ4n) is 0.298.